The first kappa shape index (κ1) is 18.3. The van der Waals surface area contributed by atoms with Crippen molar-refractivity contribution >= 4 is 17.3 Å². The van der Waals surface area contributed by atoms with Crippen molar-refractivity contribution < 1.29 is 4.74 Å². The molecule has 120 valence electrons. The number of hydrogen-bond donors (Lipinski definition) is 1. The van der Waals surface area contributed by atoms with Crippen molar-refractivity contribution in [2.24, 2.45) is 5.92 Å². The molecule has 1 aromatic rings. The third-order valence-corrected chi connectivity index (χ3v) is 3.98. The Hall–Kier alpha value is -0.770. The lowest BCUT2D eigenvalue weighted by atomic mass is 10.0. The normalized spacial score (nSPS) is 12.7. The largest absolute Gasteiger partial charge is 0.383 e. The van der Waals surface area contributed by atoms with E-state index in [1.807, 2.05) is 0 Å². The van der Waals surface area contributed by atoms with Gasteiger partial charge in [0, 0.05) is 33.3 Å². The van der Waals surface area contributed by atoms with E-state index in [1.165, 1.54) is 5.56 Å². The van der Waals surface area contributed by atoms with Crippen LogP contribution >= 0.6 is 11.6 Å². The van der Waals surface area contributed by atoms with Gasteiger partial charge in [-0.1, -0.05) is 31.5 Å². The molecule has 0 radical (unpaired) electrons. The van der Waals surface area contributed by atoms with Gasteiger partial charge in [-0.15, -0.1) is 0 Å². The van der Waals surface area contributed by atoms with Crippen LogP contribution in [0, 0.1) is 5.92 Å². The summed E-state index contributed by atoms with van der Waals surface area (Å²) < 4.78 is 5.02. The van der Waals surface area contributed by atoms with Gasteiger partial charge in [-0.25, -0.2) is 0 Å². The molecule has 0 spiro atoms. The highest BCUT2D eigenvalue weighted by Crippen LogP contribution is 2.28. The Labute approximate surface area is 134 Å². The van der Waals surface area contributed by atoms with Crippen LogP contribution in [0.4, 0.5) is 5.69 Å². The van der Waals surface area contributed by atoms with Gasteiger partial charge in [0.25, 0.3) is 0 Å². The second-order valence-corrected chi connectivity index (χ2v) is 6.45. The number of benzene rings is 1. The molecule has 0 bridgehead atoms. The van der Waals surface area contributed by atoms with Crippen LogP contribution in [0.5, 0.6) is 0 Å². The summed E-state index contributed by atoms with van der Waals surface area (Å²) in [6.45, 7) is 9.13. The molecule has 0 fully saturated rings. The predicted octanol–water partition coefficient (Wildman–Crippen LogP) is 3.95. The lowest BCUT2D eigenvalue weighted by molar-refractivity contribution is 0.199. The number of halogens is 1. The Morgan fingerprint density at radius 1 is 1.29 bits per heavy atom. The van der Waals surface area contributed by atoms with E-state index in [4.69, 9.17) is 16.3 Å². The van der Waals surface area contributed by atoms with Crippen molar-refractivity contribution in [1.82, 2.24) is 5.32 Å². The van der Waals surface area contributed by atoms with Crippen molar-refractivity contribution in [1.29, 1.82) is 0 Å². The SMILES string of the molecule is COCCNCc1ccc(N(C)C(C)CC(C)C)c(Cl)c1. The summed E-state index contributed by atoms with van der Waals surface area (Å²) in [7, 11) is 3.83. The molecule has 0 saturated carbocycles. The predicted molar refractivity (Wildman–Crippen MR) is 92.4 cm³/mol. The highest BCUT2D eigenvalue weighted by molar-refractivity contribution is 6.33. The zero-order valence-corrected chi connectivity index (χ0v) is 14.7. The van der Waals surface area contributed by atoms with Crippen LogP contribution in [0.25, 0.3) is 0 Å². The van der Waals surface area contributed by atoms with Crippen molar-refractivity contribution in [3.05, 3.63) is 28.8 Å². The second-order valence-electron chi connectivity index (χ2n) is 6.04. The maximum Gasteiger partial charge on any atom is 0.0642 e. The first-order chi connectivity index (χ1) is 9.95. The number of nitrogens with zero attached hydrogens (tertiary/aromatic N) is 1. The first-order valence-corrected chi connectivity index (χ1v) is 8.04. The highest BCUT2D eigenvalue weighted by Gasteiger charge is 2.14. The lowest BCUT2D eigenvalue weighted by Crippen LogP contribution is -2.30. The molecule has 0 aliphatic rings. The van der Waals surface area contributed by atoms with Gasteiger partial charge >= 0.3 is 0 Å². The molecule has 0 aromatic heterocycles. The molecular weight excluding hydrogens is 284 g/mol. The monoisotopic (exact) mass is 312 g/mol. The van der Waals surface area contributed by atoms with Gasteiger partial charge in [0.05, 0.1) is 17.3 Å². The number of rotatable bonds is 9. The summed E-state index contributed by atoms with van der Waals surface area (Å²) in [5, 5.41) is 4.15. The van der Waals surface area contributed by atoms with Crippen molar-refractivity contribution in [2.75, 3.05) is 32.2 Å². The quantitative estimate of drug-likeness (QED) is 0.699. The van der Waals surface area contributed by atoms with Crippen molar-refractivity contribution in [3.8, 4) is 0 Å². The topological polar surface area (TPSA) is 24.5 Å². The van der Waals surface area contributed by atoms with Gasteiger partial charge in [-0.3, -0.25) is 0 Å². The van der Waals surface area contributed by atoms with Crippen LogP contribution in [-0.4, -0.2) is 33.4 Å². The van der Waals surface area contributed by atoms with Crippen molar-refractivity contribution in [2.45, 2.75) is 39.8 Å². The molecule has 0 aliphatic carbocycles. The molecular formula is C17H29ClN2O. The van der Waals surface area contributed by atoms with Gasteiger partial charge < -0.3 is 15.0 Å². The summed E-state index contributed by atoms with van der Waals surface area (Å²) in [5.41, 5.74) is 2.30. The lowest BCUT2D eigenvalue weighted by Gasteiger charge is -2.29. The number of ether oxygens (including phenoxy) is 1. The molecule has 0 aliphatic heterocycles. The summed E-state index contributed by atoms with van der Waals surface area (Å²) in [6.07, 6.45) is 1.16. The Morgan fingerprint density at radius 3 is 2.57 bits per heavy atom. The smallest absolute Gasteiger partial charge is 0.0642 e. The van der Waals surface area contributed by atoms with Gasteiger partial charge in [0.15, 0.2) is 0 Å². The maximum absolute atomic E-state index is 6.45. The van der Waals surface area contributed by atoms with E-state index in [2.05, 4.69) is 56.2 Å². The molecule has 1 rings (SSSR count). The van der Waals surface area contributed by atoms with Gasteiger partial charge in [-0.2, -0.15) is 0 Å². The van der Waals surface area contributed by atoms with Crippen LogP contribution < -0.4 is 10.2 Å². The van der Waals surface area contributed by atoms with E-state index < -0.39 is 0 Å². The first-order valence-electron chi connectivity index (χ1n) is 7.66. The number of nitrogens with one attached hydrogen (secondary N) is 1. The van der Waals surface area contributed by atoms with Crippen LogP contribution in [0.2, 0.25) is 5.02 Å². The standard InChI is InChI=1S/C17H29ClN2O/c1-13(2)10-14(3)20(4)17-7-6-15(11-16(17)18)12-19-8-9-21-5/h6-7,11,13-14,19H,8-10,12H2,1-5H3. The molecule has 3 nitrogen and oxygen atoms in total. The number of hydrogen-bond acceptors (Lipinski definition) is 3. The van der Waals surface area contributed by atoms with Crippen molar-refractivity contribution in [3.63, 3.8) is 0 Å². The molecule has 1 aromatic carbocycles. The van der Waals surface area contributed by atoms with Crippen LogP contribution in [0.1, 0.15) is 32.8 Å². The zero-order valence-electron chi connectivity index (χ0n) is 13.9. The molecule has 1 N–H and O–H groups in total. The van der Waals surface area contributed by atoms with E-state index >= 15 is 0 Å². The molecule has 0 saturated heterocycles. The van der Waals surface area contributed by atoms with Crippen LogP contribution in [-0.2, 0) is 11.3 Å². The Kier molecular flexibility index (Phi) is 8.09. The molecule has 0 amide bonds. The van der Waals surface area contributed by atoms with E-state index in [9.17, 15) is 0 Å². The van der Waals surface area contributed by atoms with Gasteiger partial charge in [-0.05, 0) is 37.0 Å². The summed E-state index contributed by atoms with van der Waals surface area (Å²) in [5.74, 6) is 0.686. The van der Waals surface area contributed by atoms with Gasteiger partial charge in [0.1, 0.15) is 0 Å². The fourth-order valence-electron chi connectivity index (χ4n) is 2.43. The average molecular weight is 313 g/mol. The minimum absolute atomic E-state index is 0.480. The summed E-state index contributed by atoms with van der Waals surface area (Å²) >= 11 is 6.45. The Balaban J connectivity index is 2.64. The molecule has 1 atom stereocenters. The molecule has 1 unspecified atom stereocenters. The number of anilines is 1. The molecule has 0 heterocycles. The minimum Gasteiger partial charge on any atom is -0.383 e. The van der Waals surface area contributed by atoms with Crippen LogP contribution in [0.15, 0.2) is 18.2 Å². The molecule has 21 heavy (non-hydrogen) atoms. The Morgan fingerprint density at radius 2 is 2.00 bits per heavy atom. The summed E-state index contributed by atoms with van der Waals surface area (Å²) in [4.78, 5) is 2.27. The van der Waals surface area contributed by atoms with E-state index in [1.54, 1.807) is 7.11 Å². The highest BCUT2D eigenvalue weighted by atomic mass is 35.5. The maximum atomic E-state index is 6.45. The van der Waals surface area contributed by atoms with E-state index in [0.717, 1.165) is 36.8 Å². The van der Waals surface area contributed by atoms with Crippen LogP contribution in [0.3, 0.4) is 0 Å². The summed E-state index contributed by atoms with van der Waals surface area (Å²) in [6, 6.07) is 6.79. The number of methoxy groups -OCH3 is 1. The third kappa shape index (κ3) is 6.25. The second kappa shape index (κ2) is 9.29. The fraction of sp³-hybridized carbons (Fsp3) is 0.647. The Bertz CT molecular complexity index is 423. The average Bonchev–Trinajstić information content (AvgIpc) is 2.42. The van der Waals surface area contributed by atoms with E-state index in [-0.39, 0.29) is 0 Å². The minimum atomic E-state index is 0.480. The fourth-order valence-corrected chi connectivity index (χ4v) is 2.77. The van der Waals surface area contributed by atoms with Gasteiger partial charge in [0.2, 0.25) is 0 Å². The molecule has 4 heteroatoms. The van der Waals surface area contributed by atoms with E-state index in [0.29, 0.717) is 12.0 Å². The third-order valence-electron chi connectivity index (χ3n) is 3.68. The zero-order chi connectivity index (χ0) is 15.8.